The van der Waals surface area contributed by atoms with Crippen LogP contribution in [0.1, 0.15) is 28.9 Å². The lowest BCUT2D eigenvalue weighted by molar-refractivity contribution is -0.121. The van der Waals surface area contributed by atoms with Crippen molar-refractivity contribution in [3.63, 3.8) is 0 Å². The van der Waals surface area contributed by atoms with Crippen molar-refractivity contribution in [2.45, 2.75) is 24.0 Å². The van der Waals surface area contributed by atoms with Crippen LogP contribution in [-0.2, 0) is 14.8 Å². The Bertz CT molecular complexity index is 1200. The SMILES string of the molecule is Cc1csc(NC(=O)C2CCN(C(=O)c3ccc(NS(=O)(=O)c4cccs4)cc3)CC2)n1. The van der Waals surface area contributed by atoms with Crippen molar-refractivity contribution in [2.75, 3.05) is 23.1 Å². The maximum absolute atomic E-state index is 12.8. The third-order valence-corrected chi connectivity index (χ3v) is 8.80. The van der Waals surface area contributed by atoms with E-state index in [9.17, 15) is 18.0 Å². The topological polar surface area (TPSA) is 108 Å². The van der Waals surface area contributed by atoms with Gasteiger partial charge in [0.1, 0.15) is 4.21 Å². The number of aromatic nitrogens is 1. The fourth-order valence-electron chi connectivity index (χ4n) is 3.45. The standard InChI is InChI=1S/C21H22N4O4S3/c1-14-13-31-21(22-14)23-19(26)15-8-10-25(11-9-15)20(27)16-4-6-17(7-5-16)24-32(28,29)18-3-2-12-30-18/h2-7,12-13,15,24H,8-11H2,1H3,(H,22,23,26). The van der Waals surface area contributed by atoms with Gasteiger partial charge in [0.25, 0.3) is 15.9 Å². The van der Waals surface area contributed by atoms with E-state index in [1.807, 2.05) is 12.3 Å². The minimum Gasteiger partial charge on any atom is -0.339 e. The summed E-state index contributed by atoms with van der Waals surface area (Å²) in [4.78, 5) is 31.3. The molecule has 0 saturated carbocycles. The van der Waals surface area contributed by atoms with Gasteiger partial charge in [-0.15, -0.1) is 22.7 Å². The predicted octanol–water partition coefficient (Wildman–Crippen LogP) is 3.80. The first-order chi connectivity index (χ1) is 15.3. The molecule has 1 saturated heterocycles. The molecule has 2 N–H and O–H groups in total. The summed E-state index contributed by atoms with van der Waals surface area (Å²) in [5.74, 6) is -0.349. The third kappa shape index (κ3) is 5.17. The van der Waals surface area contributed by atoms with Crippen LogP contribution in [0.5, 0.6) is 0 Å². The highest BCUT2D eigenvalue weighted by atomic mass is 32.2. The first-order valence-electron chi connectivity index (χ1n) is 10.0. The maximum atomic E-state index is 12.8. The number of piperidine rings is 1. The molecule has 0 bridgehead atoms. The van der Waals surface area contributed by atoms with E-state index in [0.29, 0.717) is 42.3 Å². The Kier molecular flexibility index (Phi) is 6.58. The smallest absolute Gasteiger partial charge is 0.271 e. The molecule has 0 radical (unpaired) electrons. The van der Waals surface area contributed by atoms with Crippen molar-refractivity contribution < 1.29 is 18.0 Å². The molecule has 3 heterocycles. The second kappa shape index (κ2) is 9.39. The Morgan fingerprint density at radius 1 is 1.09 bits per heavy atom. The number of amides is 2. The molecule has 168 valence electrons. The Morgan fingerprint density at radius 3 is 2.41 bits per heavy atom. The summed E-state index contributed by atoms with van der Waals surface area (Å²) in [6, 6.07) is 9.58. The molecular weight excluding hydrogens is 468 g/mol. The Morgan fingerprint density at radius 2 is 1.81 bits per heavy atom. The Hall–Kier alpha value is -2.76. The quantitative estimate of drug-likeness (QED) is 0.546. The number of aryl methyl sites for hydroxylation is 1. The summed E-state index contributed by atoms with van der Waals surface area (Å²) in [6.45, 7) is 2.85. The number of hydrogen-bond donors (Lipinski definition) is 2. The number of benzene rings is 1. The van der Waals surface area contributed by atoms with Gasteiger partial charge < -0.3 is 10.2 Å². The highest BCUT2D eigenvalue weighted by molar-refractivity contribution is 7.94. The Balaban J connectivity index is 1.31. The van der Waals surface area contributed by atoms with E-state index in [1.165, 1.54) is 17.4 Å². The van der Waals surface area contributed by atoms with Crippen molar-refractivity contribution in [3.8, 4) is 0 Å². The van der Waals surface area contributed by atoms with Crippen LogP contribution < -0.4 is 10.0 Å². The molecule has 1 fully saturated rings. The molecule has 1 aliphatic heterocycles. The molecule has 3 aromatic rings. The van der Waals surface area contributed by atoms with Crippen LogP contribution in [0.3, 0.4) is 0 Å². The minimum absolute atomic E-state index is 0.0613. The average molecular weight is 491 g/mol. The van der Waals surface area contributed by atoms with Gasteiger partial charge in [0, 0.05) is 35.6 Å². The van der Waals surface area contributed by atoms with Gasteiger partial charge in [-0.05, 0) is 55.5 Å². The van der Waals surface area contributed by atoms with Crippen LogP contribution in [0.2, 0.25) is 0 Å². The van der Waals surface area contributed by atoms with Gasteiger partial charge in [-0.3, -0.25) is 14.3 Å². The van der Waals surface area contributed by atoms with Crippen LogP contribution in [-0.4, -0.2) is 43.2 Å². The molecule has 1 aliphatic rings. The second-order valence-electron chi connectivity index (χ2n) is 7.46. The number of carbonyl (C=O) groups excluding carboxylic acids is 2. The van der Waals surface area contributed by atoms with Crippen molar-refractivity contribution in [1.82, 2.24) is 9.88 Å². The number of thiazole rings is 1. The van der Waals surface area contributed by atoms with E-state index < -0.39 is 10.0 Å². The molecular formula is C21H22N4O4S3. The zero-order valence-corrected chi connectivity index (χ0v) is 19.7. The fourth-order valence-corrected chi connectivity index (χ4v) is 6.19. The fraction of sp³-hybridized carbons (Fsp3) is 0.286. The van der Waals surface area contributed by atoms with Gasteiger partial charge in [0.05, 0.1) is 5.69 Å². The molecule has 8 nitrogen and oxygen atoms in total. The van der Waals surface area contributed by atoms with Crippen LogP contribution in [0, 0.1) is 12.8 Å². The monoisotopic (exact) mass is 490 g/mol. The lowest BCUT2D eigenvalue weighted by Crippen LogP contribution is -2.41. The van der Waals surface area contributed by atoms with E-state index in [1.54, 1.807) is 40.6 Å². The van der Waals surface area contributed by atoms with Gasteiger partial charge in [0.15, 0.2) is 5.13 Å². The number of likely N-dealkylation sites (tertiary alicyclic amines) is 1. The highest BCUT2D eigenvalue weighted by Gasteiger charge is 2.28. The van der Waals surface area contributed by atoms with Gasteiger partial charge >= 0.3 is 0 Å². The van der Waals surface area contributed by atoms with Crippen LogP contribution in [0.15, 0.2) is 51.4 Å². The summed E-state index contributed by atoms with van der Waals surface area (Å²) in [7, 11) is -3.63. The number of hydrogen-bond acceptors (Lipinski definition) is 7. The number of sulfonamides is 1. The normalized spacial score (nSPS) is 14.8. The largest absolute Gasteiger partial charge is 0.339 e. The first-order valence-corrected chi connectivity index (χ1v) is 13.2. The number of anilines is 2. The van der Waals surface area contributed by atoms with Crippen molar-refractivity contribution in [2.24, 2.45) is 5.92 Å². The molecule has 0 spiro atoms. The number of nitrogens with one attached hydrogen (secondary N) is 2. The molecule has 4 rings (SSSR count). The number of carbonyl (C=O) groups is 2. The summed E-state index contributed by atoms with van der Waals surface area (Å²) in [5, 5.41) is 7.03. The van der Waals surface area contributed by atoms with E-state index in [-0.39, 0.29) is 21.9 Å². The summed E-state index contributed by atoms with van der Waals surface area (Å²) >= 11 is 2.54. The van der Waals surface area contributed by atoms with Crippen molar-refractivity contribution in [3.05, 3.63) is 58.4 Å². The summed E-state index contributed by atoms with van der Waals surface area (Å²) < 4.78 is 27.4. The first kappa shape index (κ1) is 22.4. The molecule has 32 heavy (non-hydrogen) atoms. The van der Waals surface area contributed by atoms with Crippen LogP contribution >= 0.6 is 22.7 Å². The van der Waals surface area contributed by atoms with Gasteiger partial charge in [0.2, 0.25) is 5.91 Å². The molecule has 2 aromatic heterocycles. The molecule has 0 aliphatic carbocycles. The van der Waals surface area contributed by atoms with Gasteiger partial charge in [-0.25, -0.2) is 13.4 Å². The summed E-state index contributed by atoms with van der Waals surface area (Å²) in [5.41, 5.74) is 1.74. The summed E-state index contributed by atoms with van der Waals surface area (Å²) in [6.07, 6.45) is 1.17. The molecule has 0 atom stereocenters. The zero-order chi connectivity index (χ0) is 22.7. The van der Waals surface area contributed by atoms with E-state index in [0.717, 1.165) is 17.0 Å². The number of nitrogens with zero attached hydrogens (tertiary/aromatic N) is 2. The molecule has 11 heteroatoms. The second-order valence-corrected chi connectivity index (χ2v) is 11.2. The predicted molar refractivity (Wildman–Crippen MR) is 126 cm³/mol. The number of thiophene rings is 1. The number of rotatable bonds is 6. The van der Waals surface area contributed by atoms with Gasteiger partial charge in [-0.2, -0.15) is 0 Å². The lowest BCUT2D eigenvalue weighted by Gasteiger charge is -2.31. The third-order valence-electron chi connectivity index (χ3n) is 5.15. The Labute approximate surface area is 194 Å². The van der Waals surface area contributed by atoms with Crippen LogP contribution in [0.25, 0.3) is 0 Å². The molecule has 2 amide bonds. The highest BCUT2D eigenvalue weighted by Crippen LogP contribution is 2.24. The maximum Gasteiger partial charge on any atom is 0.271 e. The average Bonchev–Trinajstić information content (AvgIpc) is 3.46. The van der Waals surface area contributed by atoms with E-state index in [2.05, 4.69) is 15.0 Å². The zero-order valence-electron chi connectivity index (χ0n) is 17.3. The minimum atomic E-state index is -3.63. The van der Waals surface area contributed by atoms with Crippen molar-refractivity contribution >= 4 is 55.3 Å². The lowest BCUT2D eigenvalue weighted by atomic mass is 9.95. The molecule has 1 aromatic carbocycles. The van der Waals surface area contributed by atoms with E-state index in [4.69, 9.17) is 0 Å². The van der Waals surface area contributed by atoms with Gasteiger partial charge in [-0.1, -0.05) is 6.07 Å². The van der Waals surface area contributed by atoms with E-state index >= 15 is 0 Å². The van der Waals surface area contributed by atoms with Crippen molar-refractivity contribution in [1.29, 1.82) is 0 Å². The molecule has 0 unspecified atom stereocenters. The van der Waals surface area contributed by atoms with Crippen LogP contribution in [0.4, 0.5) is 10.8 Å².